The van der Waals surface area contributed by atoms with E-state index in [1.807, 2.05) is 6.92 Å². The molecule has 0 radical (unpaired) electrons. The molecule has 0 aromatic carbocycles. The molecule has 0 fully saturated rings. The third-order valence-electron chi connectivity index (χ3n) is 2.04. The van der Waals surface area contributed by atoms with E-state index >= 15 is 0 Å². The Hall–Kier alpha value is -1.49. The van der Waals surface area contributed by atoms with Crippen LogP contribution in [0, 0.1) is 0 Å². The maximum absolute atomic E-state index is 11.3. The standard InChI is InChI=1S/C11H16O5/c1-3-4-7-15-11(13)10(12)8-5-6-9(14-2)16-8/h5-6,10,12H,3-4,7H2,1-2H3. The van der Waals surface area contributed by atoms with Crippen molar-refractivity contribution >= 4 is 5.97 Å². The summed E-state index contributed by atoms with van der Waals surface area (Å²) in [5, 5.41) is 9.57. The van der Waals surface area contributed by atoms with Crippen molar-refractivity contribution in [2.45, 2.75) is 25.9 Å². The summed E-state index contributed by atoms with van der Waals surface area (Å²) in [6.07, 6.45) is 0.318. The Morgan fingerprint density at radius 3 is 2.88 bits per heavy atom. The molecule has 0 spiro atoms. The Kier molecular flexibility index (Phi) is 4.85. The minimum atomic E-state index is -1.39. The number of methoxy groups -OCH3 is 1. The van der Waals surface area contributed by atoms with Gasteiger partial charge in [-0.2, -0.15) is 0 Å². The monoisotopic (exact) mass is 228 g/mol. The second-order valence-electron chi connectivity index (χ2n) is 3.28. The minimum Gasteiger partial charge on any atom is -0.468 e. The summed E-state index contributed by atoms with van der Waals surface area (Å²) in [5.41, 5.74) is 0. The molecule has 0 bridgehead atoms. The van der Waals surface area contributed by atoms with E-state index in [0.717, 1.165) is 12.8 Å². The summed E-state index contributed by atoms with van der Waals surface area (Å²) in [6, 6.07) is 3.00. The maximum atomic E-state index is 11.3. The van der Waals surface area contributed by atoms with E-state index in [9.17, 15) is 9.90 Å². The maximum Gasteiger partial charge on any atom is 0.342 e. The summed E-state index contributed by atoms with van der Waals surface area (Å²) < 4.78 is 14.7. The van der Waals surface area contributed by atoms with Crippen LogP contribution in [0.25, 0.3) is 0 Å². The Morgan fingerprint density at radius 1 is 1.56 bits per heavy atom. The average molecular weight is 228 g/mol. The Morgan fingerprint density at radius 2 is 2.31 bits per heavy atom. The van der Waals surface area contributed by atoms with Crippen LogP contribution >= 0.6 is 0 Å². The van der Waals surface area contributed by atoms with Crippen LogP contribution < -0.4 is 4.74 Å². The minimum absolute atomic E-state index is 0.123. The quantitative estimate of drug-likeness (QED) is 0.592. The third kappa shape index (κ3) is 3.27. The highest BCUT2D eigenvalue weighted by atomic mass is 16.6. The molecule has 1 heterocycles. The zero-order chi connectivity index (χ0) is 12.0. The number of carbonyl (C=O) groups is 1. The number of aliphatic hydroxyl groups excluding tert-OH is 1. The highest BCUT2D eigenvalue weighted by Crippen LogP contribution is 2.22. The predicted octanol–water partition coefficient (Wildman–Crippen LogP) is 1.66. The van der Waals surface area contributed by atoms with Crippen LogP contribution in [0.4, 0.5) is 0 Å². The van der Waals surface area contributed by atoms with E-state index in [4.69, 9.17) is 13.9 Å². The Balaban J connectivity index is 2.49. The molecule has 0 saturated heterocycles. The van der Waals surface area contributed by atoms with Crippen LogP contribution in [-0.4, -0.2) is 24.8 Å². The first-order valence-corrected chi connectivity index (χ1v) is 5.17. The number of ether oxygens (including phenoxy) is 2. The van der Waals surface area contributed by atoms with Gasteiger partial charge in [0.15, 0.2) is 0 Å². The van der Waals surface area contributed by atoms with E-state index in [-0.39, 0.29) is 11.7 Å². The van der Waals surface area contributed by atoms with Gasteiger partial charge in [-0.05, 0) is 12.5 Å². The van der Waals surface area contributed by atoms with Crippen molar-refractivity contribution in [2.24, 2.45) is 0 Å². The van der Waals surface area contributed by atoms with Crippen LogP contribution in [0.5, 0.6) is 5.95 Å². The second kappa shape index (κ2) is 6.17. The van der Waals surface area contributed by atoms with Gasteiger partial charge >= 0.3 is 5.97 Å². The van der Waals surface area contributed by atoms with Gasteiger partial charge in [0.25, 0.3) is 5.95 Å². The van der Waals surface area contributed by atoms with Gasteiger partial charge < -0.3 is 19.0 Å². The molecule has 0 aliphatic carbocycles. The number of unbranched alkanes of at least 4 members (excludes halogenated alkanes) is 1. The van der Waals surface area contributed by atoms with Gasteiger partial charge in [0.2, 0.25) is 6.10 Å². The SMILES string of the molecule is CCCCOC(=O)C(O)c1ccc(OC)o1. The molecule has 1 aromatic rings. The van der Waals surface area contributed by atoms with E-state index < -0.39 is 12.1 Å². The molecule has 1 rings (SSSR count). The van der Waals surface area contributed by atoms with E-state index in [0.29, 0.717) is 6.61 Å². The molecular weight excluding hydrogens is 212 g/mol. The molecule has 0 saturated carbocycles. The van der Waals surface area contributed by atoms with E-state index in [1.54, 1.807) is 0 Å². The van der Waals surface area contributed by atoms with Gasteiger partial charge in [-0.1, -0.05) is 13.3 Å². The molecule has 5 heteroatoms. The fraction of sp³-hybridized carbons (Fsp3) is 0.545. The lowest BCUT2D eigenvalue weighted by Crippen LogP contribution is -2.15. The van der Waals surface area contributed by atoms with E-state index in [1.165, 1.54) is 19.2 Å². The zero-order valence-electron chi connectivity index (χ0n) is 9.43. The predicted molar refractivity (Wildman–Crippen MR) is 56.1 cm³/mol. The highest BCUT2D eigenvalue weighted by molar-refractivity contribution is 5.75. The summed E-state index contributed by atoms with van der Waals surface area (Å²) >= 11 is 0. The van der Waals surface area contributed by atoms with Crippen molar-refractivity contribution in [2.75, 3.05) is 13.7 Å². The summed E-state index contributed by atoms with van der Waals surface area (Å²) in [7, 11) is 1.44. The molecule has 5 nitrogen and oxygen atoms in total. The average Bonchev–Trinajstić information content (AvgIpc) is 2.76. The summed E-state index contributed by atoms with van der Waals surface area (Å²) in [6.45, 7) is 2.30. The molecule has 0 aliphatic rings. The van der Waals surface area contributed by atoms with Crippen molar-refractivity contribution in [3.05, 3.63) is 17.9 Å². The molecule has 1 N–H and O–H groups in total. The van der Waals surface area contributed by atoms with Gasteiger partial charge in [-0.25, -0.2) is 4.79 Å². The fourth-order valence-corrected chi connectivity index (χ4v) is 1.10. The van der Waals surface area contributed by atoms with Gasteiger partial charge in [0.05, 0.1) is 13.7 Å². The summed E-state index contributed by atoms with van der Waals surface area (Å²) in [5.74, 6) is -0.334. The molecule has 1 atom stereocenters. The summed E-state index contributed by atoms with van der Waals surface area (Å²) in [4.78, 5) is 11.3. The molecule has 90 valence electrons. The van der Waals surface area contributed by atoms with E-state index in [2.05, 4.69) is 0 Å². The third-order valence-corrected chi connectivity index (χ3v) is 2.04. The molecular formula is C11H16O5. The molecule has 16 heavy (non-hydrogen) atoms. The Bertz CT molecular complexity index is 331. The number of carbonyl (C=O) groups excluding carboxylic acids is 1. The number of aliphatic hydroxyl groups is 1. The van der Waals surface area contributed by atoms with Crippen molar-refractivity contribution in [1.29, 1.82) is 0 Å². The zero-order valence-corrected chi connectivity index (χ0v) is 9.43. The van der Waals surface area contributed by atoms with Gasteiger partial charge in [0.1, 0.15) is 5.76 Å². The van der Waals surface area contributed by atoms with Gasteiger partial charge in [-0.15, -0.1) is 0 Å². The number of hydrogen-bond donors (Lipinski definition) is 1. The van der Waals surface area contributed by atoms with Crippen molar-refractivity contribution in [3.8, 4) is 5.95 Å². The van der Waals surface area contributed by atoms with Gasteiger partial charge in [0, 0.05) is 6.07 Å². The Labute approximate surface area is 94.0 Å². The van der Waals surface area contributed by atoms with Crippen molar-refractivity contribution in [1.82, 2.24) is 0 Å². The van der Waals surface area contributed by atoms with Crippen molar-refractivity contribution < 1.29 is 23.8 Å². The van der Waals surface area contributed by atoms with Gasteiger partial charge in [-0.3, -0.25) is 0 Å². The van der Waals surface area contributed by atoms with Crippen LogP contribution in [-0.2, 0) is 9.53 Å². The van der Waals surface area contributed by atoms with Crippen LogP contribution in [0.2, 0.25) is 0 Å². The smallest absolute Gasteiger partial charge is 0.342 e. The largest absolute Gasteiger partial charge is 0.468 e. The first-order chi connectivity index (χ1) is 7.69. The lowest BCUT2D eigenvalue weighted by Gasteiger charge is -2.07. The molecule has 1 unspecified atom stereocenters. The highest BCUT2D eigenvalue weighted by Gasteiger charge is 2.22. The van der Waals surface area contributed by atoms with Crippen LogP contribution in [0.3, 0.4) is 0 Å². The first-order valence-electron chi connectivity index (χ1n) is 5.17. The van der Waals surface area contributed by atoms with Crippen LogP contribution in [0.15, 0.2) is 16.5 Å². The number of hydrogen-bond acceptors (Lipinski definition) is 5. The lowest BCUT2D eigenvalue weighted by atomic mass is 10.3. The van der Waals surface area contributed by atoms with Crippen LogP contribution in [0.1, 0.15) is 31.6 Å². The molecule has 0 amide bonds. The normalized spacial score (nSPS) is 12.2. The molecule has 1 aromatic heterocycles. The fourth-order valence-electron chi connectivity index (χ4n) is 1.10. The number of esters is 1. The number of furan rings is 1. The van der Waals surface area contributed by atoms with Crippen molar-refractivity contribution in [3.63, 3.8) is 0 Å². The first kappa shape index (κ1) is 12.6. The second-order valence-corrected chi connectivity index (χ2v) is 3.28. The lowest BCUT2D eigenvalue weighted by molar-refractivity contribution is -0.155. The topological polar surface area (TPSA) is 68.9 Å². The number of rotatable bonds is 6. The molecule has 0 aliphatic heterocycles.